The second-order valence-corrected chi connectivity index (χ2v) is 6.76. The number of fused-ring (bicyclic) bond motifs is 1. The Hall–Kier alpha value is -2.22. The zero-order valence-corrected chi connectivity index (χ0v) is 16.4. The molecule has 0 aliphatic heterocycles. The fourth-order valence-electron chi connectivity index (χ4n) is 3.34. The normalized spacial score (nSPS) is 15.0. The fourth-order valence-corrected chi connectivity index (χ4v) is 3.34. The molecule has 28 heavy (non-hydrogen) atoms. The Kier molecular flexibility index (Phi) is 6.64. The Labute approximate surface area is 172 Å². The smallest absolute Gasteiger partial charge is 0.244 e. The molecular weight excluding hydrogens is 409 g/mol. The summed E-state index contributed by atoms with van der Waals surface area (Å²) >= 11 is 0. The van der Waals surface area contributed by atoms with Crippen molar-refractivity contribution in [2.24, 2.45) is 5.73 Å². The van der Waals surface area contributed by atoms with Crippen molar-refractivity contribution < 1.29 is 13.6 Å². The highest BCUT2D eigenvalue weighted by atomic mass is 35.5. The van der Waals surface area contributed by atoms with E-state index in [2.05, 4.69) is 15.3 Å². The molecule has 5 nitrogen and oxygen atoms in total. The minimum Gasteiger partial charge on any atom is -0.338 e. The first kappa shape index (κ1) is 22.1. The van der Waals surface area contributed by atoms with E-state index in [0.29, 0.717) is 35.4 Å². The number of halogens is 4. The number of amides is 1. The van der Waals surface area contributed by atoms with Gasteiger partial charge in [0.15, 0.2) is 11.6 Å². The molecule has 0 spiro atoms. The van der Waals surface area contributed by atoms with Crippen molar-refractivity contribution in [3.8, 4) is 11.4 Å². The molecule has 2 aromatic carbocycles. The van der Waals surface area contributed by atoms with Crippen LogP contribution < -0.4 is 11.1 Å². The van der Waals surface area contributed by atoms with Gasteiger partial charge in [-0.15, -0.1) is 24.8 Å². The third-order valence-corrected chi connectivity index (χ3v) is 4.89. The number of aromatic nitrogens is 2. The van der Waals surface area contributed by atoms with E-state index in [1.807, 2.05) is 0 Å². The Morgan fingerprint density at radius 1 is 1.07 bits per heavy atom. The lowest BCUT2D eigenvalue weighted by atomic mass is 9.98. The molecule has 1 heterocycles. The standard InChI is InChI=1S/C19H18F2N4O.2ClH/c20-13-9-15-16(10-14(13)21)25-17(24-15)11-3-5-12(6-4-11)23-18(26)19(22)7-1-2-8-19;;/h3-6,9-10H,1-2,7-8,22H2,(H,23,26)(H,24,25);2*1H. The van der Waals surface area contributed by atoms with Gasteiger partial charge in [0.2, 0.25) is 5.91 Å². The van der Waals surface area contributed by atoms with Gasteiger partial charge in [-0.3, -0.25) is 4.79 Å². The Morgan fingerprint density at radius 3 is 2.32 bits per heavy atom. The second kappa shape index (κ2) is 8.43. The van der Waals surface area contributed by atoms with Gasteiger partial charge in [-0.2, -0.15) is 0 Å². The average Bonchev–Trinajstić information content (AvgIpc) is 3.23. The van der Waals surface area contributed by atoms with Crippen LogP contribution in [0.2, 0.25) is 0 Å². The van der Waals surface area contributed by atoms with Crippen molar-refractivity contribution in [3.63, 3.8) is 0 Å². The van der Waals surface area contributed by atoms with Crippen LogP contribution >= 0.6 is 24.8 Å². The van der Waals surface area contributed by atoms with Gasteiger partial charge >= 0.3 is 0 Å². The zero-order chi connectivity index (χ0) is 18.3. The minimum atomic E-state index is -0.934. The van der Waals surface area contributed by atoms with E-state index in [4.69, 9.17) is 5.73 Å². The third-order valence-electron chi connectivity index (χ3n) is 4.89. The SMILES string of the molecule is Cl.Cl.NC1(C(=O)Nc2ccc(-c3nc4cc(F)c(F)cc4[nH]3)cc2)CCCC1. The summed E-state index contributed by atoms with van der Waals surface area (Å²) in [7, 11) is 0. The largest absolute Gasteiger partial charge is 0.338 e. The van der Waals surface area contributed by atoms with Crippen LogP contribution in [0.15, 0.2) is 36.4 Å². The van der Waals surface area contributed by atoms with Gasteiger partial charge in [-0.05, 0) is 37.1 Å². The Bertz CT molecular complexity index is 947. The summed E-state index contributed by atoms with van der Waals surface area (Å²) in [5.41, 5.74) is 7.51. The van der Waals surface area contributed by atoms with Crippen LogP contribution in [0.25, 0.3) is 22.4 Å². The van der Waals surface area contributed by atoms with E-state index in [1.165, 1.54) is 0 Å². The first-order valence-electron chi connectivity index (χ1n) is 8.50. The Balaban J connectivity index is 0.00000140. The van der Waals surface area contributed by atoms with Crippen molar-refractivity contribution in [3.05, 3.63) is 48.0 Å². The average molecular weight is 429 g/mol. The highest BCUT2D eigenvalue weighted by molar-refractivity contribution is 5.98. The maximum Gasteiger partial charge on any atom is 0.244 e. The molecular formula is C19H20Cl2F2N4O. The van der Waals surface area contributed by atoms with Crippen molar-refractivity contribution in [1.82, 2.24) is 9.97 Å². The molecule has 0 saturated heterocycles. The number of nitrogens with one attached hydrogen (secondary N) is 2. The fraction of sp³-hybridized carbons (Fsp3) is 0.263. The maximum absolute atomic E-state index is 13.3. The van der Waals surface area contributed by atoms with Crippen LogP contribution in [0.3, 0.4) is 0 Å². The third kappa shape index (κ3) is 4.11. The molecule has 1 aliphatic carbocycles. The topological polar surface area (TPSA) is 83.8 Å². The summed E-state index contributed by atoms with van der Waals surface area (Å²) in [6, 6.07) is 9.19. The van der Waals surface area contributed by atoms with E-state index < -0.39 is 17.2 Å². The van der Waals surface area contributed by atoms with Gasteiger partial charge < -0.3 is 16.0 Å². The highest BCUT2D eigenvalue weighted by Crippen LogP contribution is 2.29. The molecule has 0 bridgehead atoms. The van der Waals surface area contributed by atoms with E-state index in [9.17, 15) is 13.6 Å². The number of aromatic amines is 1. The predicted molar refractivity (Wildman–Crippen MR) is 110 cm³/mol. The zero-order valence-electron chi connectivity index (χ0n) is 14.8. The van der Waals surface area contributed by atoms with E-state index in [1.54, 1.807) is 24.3 Å². The van der Waals surface area contributed by atoms with E-state index >= 15 is 0 Å². The van der Waals surface area contributed by atoms with Crippen LogP contribution in [0.4, 0.5) is 14.5 Å². The first-order valence-corrected chi connectivity index (χ1v) is 8.50. The summed E-state index contributed by atoms with van der Waals surface area (Å²) in [5, 5.41) is 2.85. The first-order chi connectivity index (χ1) is 12.4. The van der Waals surface area contributed by atoms with Gasteiger partial charge in [-0.1, -0.05) is 12.8 Å². The number of hydrogen-bond donors (Lipinski definition) is 3. The molecule has 150 valence electrons. The highest BCUT2D eigenvalue weighted by Gasteiger charge is 2.36. The van der Waals surface area contributed by atoms with Crippen molar-refractivity contribution in [2.45, 2.75) is 31.2 Å². The molecule has 4 rings (SSSR count). The van der Waals surface area contributed by atoms with Crippen molar-refractivity contribution in [2.75, 3.05) is 5.32 Å². The number of rotatable bonds is 3. The molecule has 4 N–H and O–H groups in total. The van der Waals surface area contributed by atoms with Crippen LogP contribution in [-0.4, -0.2) is 21.4 Å². The van der Waals surface area contributed by atoms with Crippen molar-refractivity contribution >= 4 is 47.4 Å². The molecule has 0 radical (unpaired) electrons. The maximum atomic E-state index is 13.3. The molecule has 3 aromatic rings. The number of hydrogen-bond acceptors (Lipinski definition) is 3. The Morgan fingerprint density at radius 2 is 1.68 bits per heavy atom. The monoisotopic (exact) mass is 428 g/mol. The van der Waals surface area contributed by atoms with Gasteiger partial charge in [0.1, 0.15) is 5.82 Å². The number of nitrogens with zero attached hydrogens (tertiary/aromatic N) is 1. The molecule has 1 fully saturated rings. The number of imidazole rings is 1. The summed E-state index contributed by atoms with van der Waals surface area (Å²) in [4.78, 5) is 19.6. The van der Waals surface area contributed by atoms with E-state index in [0.717, 1.165) is 30.5 Å². The predicted octanol–water partition coefficient (Wildman–Crippen LogP) is 4.56. The number of nitrogens with two attached hydrogens (primary N) is 1. The minimum absolute atomic E-state index is 0. The summed E-state index contributed by atoms with van der Waals surface area (Å²) in [5.74, 6) is -1.53. The molecule has 0 unspecified atom stereocenters. The molecule has 1 aliphatic rings. The van der Waals surface area contributed by atoms with Gasteiger partial charge in [0.25, 0.3) is 0 Å². The number of benzene rings is 2. The summed E-state index contributed by atoms with van der Waals surface area (Å²) in [6.07, 6.45) is 3.33. The lowest BCUT2D eigenvalue weighted by Gasteiger charge is -2.22. The quantitative estimate of drug-likeness (QED) is 0.571. The number of carbonyl (C=O) groups excluding carboxylic acids is 1. The molecule has 1 amide bonds. The second-order valence-electron chi connectivity index (χ2n) is 6.76. The summed E-state index contributed by atoms with van der Waals surface area (Å²) in [6.45, 7) is 0. The molecule has 9 heteroatoms. The van der Waals surface area contributed by atoms with Gasteiger partial charge in [0, 0.05) is 23.4 Å². The lowest BCUT2D eigenvalue weighted by Crippen LogP contribution is -2.48. The molecule has 1 saturated carbocycles. The van der Waals surface area contributed by atoms with Crippen LogP contribution in [0.5, 0.6) is 0 Å². The van der Waals surface area contributed by atoms with Crippen LogP contribution in [-0.2, 0) is 4.79 Å². The number of anilines is 1. The molecule has 0 atom stereocenters. The van der Waals surface area contributed by atoms with Crippen molar-refractivity contribution in [1.29, 1.82) is 0 Å². The van der Waals surface area contributed by atoms with Gasteiger partial charge in [-0.25, -0.2) is 13.8 Å². The van der Waals surface area contributed by atoms with E-state index in [-0.39, 0.29) is 30.7 Å². The number of carbonyl (C=O) groups is 1. The van der Waals surface area contributed by atoms with Crippen LogP contribution in [0.1, 0.15) is 25.7 Å². The molecule has 1 aromatic heterocycles. The van der Waals surface area contributed by atoms with Crippen LogP contribution in [0, 0.1) is 11.6 Å². The lowest BCUT2D eigenvalue weighted by molar-refractivity contribution is -0.121. The number of H-pyrrole nitrogens is 1. The summed E-state index contributed by atoms with van der Waals surface area (Å²) < 4.78 is 26.6. The van der Waals surface area contributed by atoms with Gasteiger partial charge in [0.05, 0.1) is 16.6 Å².